The van der Waals surface area contributed by atoms with Gasteiger partial charge in [0.25, 0.3) is 5.91 Å². The van der Waals surface area contributed by atoms with E-state index < -0.39 is 39.2 Å². The van der Waals surface area contributed by atoms with Gasteiger partial charge in [0.15, 0.2) is 0 Å². The molecule has 3 aliphatic rings. The van der Waals surface area contributed by atoms with E-state index in [2.05, 4.69) is 18.5 Å². The molecule has 0 aliphatic carbocycles. The predicted octanol–water partition coefficient (Wildman–Crippen LogP) is 3.97. The fourth-order valence-electron chi connectivity index (χ4n) is 6.91. The molecule has 0 radical (unpaired) electrons. The number of likely N-dealkylation sites (N-methyl/N-ethyl adjacent to an activating group) is 1. The molecule has 3 heterocycles. The first-order valence-electron chi connectivity index (χ1n) is 15.6. The molecule has 3 fully saturated rings. The summed E-state index contributed by atoms with van der Waals surface area (Å²) in [5, 5.41) is 3.07. The van der Waals surface area contributed by atoms with E-state index in [1.807, 2.05) is 0 Å². The molecule has 1 aromatic rings. The number of carbonyl (C=O) groups excluding carboxylic acids is 3. The molecule has 45 heavy (non-hydrogen) atoms. The third-order valence-corrected chi connectivity index (χ3v) is 10.9. The van der Waals surface area contributed by atoms with Gasteiger partial charge in [-0.1, -0.05) is 24.3 Å². The molecule has 1 aromatic carbocycles. The first-order chi connectivity index (χ1) is 21.2. The summed E-state index contributed by atoms with van der Waals surface area (Å²) in [5.74, 6) is -0.718. The molecule has 4 rings (SSSR count). The molecule has 0 bridgehead atoms. The average molecular weight is 645 g/mol. The highest BCUT2D eigenvalue weighted by Gasteiger charge is 2.54. The van der Waals surface area contributed by atoms with Gasteiger partial charge in [0.2, 0.25) is 15.9 Å². The molecule has 0 aromatic heterocycles. The Labute approximate surface area is 267 Å². The number of nitrogens with one attached hydrogen (secondary N) is 1. The second kappa shape index (κ2) is 13.6. The molecule has 11 nitrogen and oxygen atoms in total. The van der Waals surface area contributed by atoms with Crippen molar-refractivity contribution in [2.75, 3.05) is 46.4 Å². The second-order valence-corrected chi connectivity index (χ2v) is 15.5. The molecule has 248 valence electrons. The van der Waals surface area contributed by atoms with E-state index in [1.54, 1.807) is 48.8 Å². The van der Waals surface area contributed by atoms with Crippen LogP contribution in [0.1, 0.15) is 69.7 Å². The Morgan fingerprint density at radius 1 is 1.13 bits per heavy atom. The fraction of sp³-hybridized carbons (Fsp3) is 0.606. The minimum Gasteiger partial charge on any atom is -0.444 e. The van der Waals surface area contributed by atoms with Crippen LogP contribution >= 0.6 is 0 Å². The number of likely N-dealkylation sites (tertiary alicyclic amines) is 2. The van der Waals surface area contributed by atoms with Gasteiger partial charge < -0.3 is 19.7 Å². The normalized spacial score (nSPS) is 23.5. The van der Waals surface area contributed by atoms with Crippen LogP contribution in [0.4, 0.5) is 4.79 Å². The number of rotatable bonds is 9. The van der Waals surface area contributed by atoms with Crippen LogP contribution < -0.4 is 5.32 Å². The van der Waals surface area contributed by atoms with Crippen molar-refractivity contribution in [2.45, 2.75) is 81.4 Å². The molecular weight excluding hydrogens is 596 g/mol. The number of hydrogen-bond donors (Lipinski definition) is 1. The average Bonchev–Trinajstić information content (AvgIpc) is 3.41. The maximum absolute atomic E-state index is 14.6. The molecule has 0 saturated carbocycles. The lowest BCUT2D eigenvalue weighted by molar-refractivity contribution is -0.149. The van der Waals surface area contributed by atoms with E-state index in [1.165, 1.54) is 25.3 Å². The Balaban J connectivity index is 1.65. The lowest BCUT2D eigenvalue weighted by Crippen LogP contribution is -2.64. The fourth-order valence-corrected chi connectivity index (χ4v) is 8.24. The third-order valence-electron chi connectivity index (χ3n) is 9.01. The zero-order valence-corrected chi connectivity index (χ0v) is 27.9. The quantitative estimate of drug-likeness (QED) is 0.404. The maximum atomic E-state index is 14.6. The number of amides is 3. The van der Waals surface area contributed by atoms with Crippen molar-refractivity contribution in [1.82, 2.24) is 19.4 Å². The van der Waals surface area contributed by atoms with Crippen LogP contribution in [0.5, 0.6) is 0 Å². The second-order valence-electron chi connectivity index (χ2n) is 13.5. The Morgan fingerprint density at radius 2 is 1.82 bits per heavy atom. The smallest absolute Gasteiger partial charge is 0.411 e. The zero-order chi connectivity index (χ0) is 33.0. The monoisotopic (exact) mass is 644 g/mol. The zero-order valence-electron chi connectivity index (χ0n) is 27.0. The van der Waals surface area contributed by atoms with Gasteiger partial charge in [-0.2, -0.15) is 4.31 Å². The number of nitrogens with zero attached hydrogens (tertiary/aromatic N) is 3. The van der Waals surface area contributed by atoms with Crippen LogP contribution in [0.25, 0.3) is 0 Å². The van der Waals surface area contributed by atoms with Gasteiger partial charge in [0.1, 0.15) is 11.1 Å². The van der Waals surface area contributed by atoms with Gasteiger partial charge in [-0.05, 0) is 76.8 Å². The van der Waals surface area contributed by atoms with Gasteiger partial charge in [0.05, 0.1) is 10.5 Å². The van der Waals surface area contributed by atoms with Gasteiger partial charge in [-0.3, -0.25) is 14.5 Å². The first-order valence-corrected chi connectivity index (χ1v) is 17.1. The van der Waals surface area contributed by atoms with Gasteiger partial charge in [-0.25, -0.2) is 13.2 Å². The van der Waals surface area contributed by atoms with Crippen molar-refractivity contribution < 1.29 is 32.3 Å². The Bertz CT molecular complexity index is 1400. The van der Waals surface area contributed by atoms with Crippen LogP contribution in [0.3, 0.4) is 0 Å². The highest BCUT2D eigenvalue weighted by molar-refractivity contribution is 7.89. The van der Waals surface area contributed by atoms with E-state index in [0.717, 1.165) is 4.31 Å². The molecular formula is C33H48N4O7S. The number of carbonyl (C=O) groups is 3. The van der Waals surface area contributed by atoms with Crippen LogP contribution in [-0.4, -0.2) is 104 Å². The summed E-state index contributed by atoms with van der Waals surface area (Å²) in [4.78, 5) is 45.0. The molecule has 3 aliphatic heterocycles. The minimum atomic E-state index is -3.96. The molecule has 2 atom stereocenters. The number of ether oxygens (including phenoxy) is 2. The van der Waals surface area contributed by atoms with Crippen LogP contribution in [0.2, 0.25) is 0 Å². The Kier molecular flexibility index (Phi) is 10.5. The summed E-state index contributed by atoms with van der Waals surface area (Å²) in [6.07, 6.45) is 6.07. The standard InChI is InChI=1S/C33H48N4O7S/c1-7-14-33(15-11-19-37(33)30(40)44-31(3,4)5)29(39)36-23-25(22-32(24-36)16-20-43-21-17-32)34-28(38)26-12-9-10-13-27(26)45(41,42)35(6)18-8-2/h7-10,12-13,25H,1-2,11,14-24H2,3-6H3,(H,34,38). The molecule has 1 N–H and O–H groups in total. The number of benzene rings is 1. The summed E-state index contributed by atoms with van der Waals surface area (Å²) in [5.41, 5.74) is -2.13. The van der Waals surface area contributed by atoms with Gasteiger partial charge >= 0.3 is 6.09 Å². The summed E-state index contributed by atoms with van der Waals surface area (Å²) in [6.45, 7) is 15.2. The summed E-state index contributed by atoms with van der Waals surface area (Å²) in [6, 6.07) is 5.68. The minimum absolute atomic E-state index is 0.0351. The van der Waals surface area contributed by atoms with Crippen molar-refractivity contribution in [2.24, 2.45) is 5.41 Å². The van der Waals surface area contributed by atoms with Crippen LogP contribution in [0, 0.1) is 5.41 Å². The number of sulfonamides is 1. The van der Waals surface area contributed by atoms with Crippen molar-refractivity contribution in [3.8, 4) is 0 Å². The third kappa shape index (κ3) is 7.44. The molecule has 3 amide bonds. The van der Waals surface area contributed by atoms with E-state index in [9.17, 15) is 22.8 Å². The Morgan fingerprint density at radius 3 is 2.47 bits per heavy atom. The van der Waals surface area contributed by atoms with Crippen LogP contribution in [-0.2, 0) is 24.3 Å². The van der Waals surface area contributed by atoms with Gasteiger partial charge in [-0.15, -0.1) is 13.2 Å². The first kappa shape index (κ1) is 34.6. The highest BCUT2D eigenvalue weighted by Crippen LogP contribution is 2.43. The maximum Gasteiger partial charge on any atom is 0.411 e. The molecule has 1 spiro atoms. The van der Waals surface area contributed by atoms with Crippen LogP contribution in [0.15, 0.2) is 54.5 Å². The van der Waals surface area contributed by atoms with Crippen molar-refractivity contribution in [3.63, 3.8) is 0 Å². The van der Waals surface area contributed by atoms with E-state index in [0.29, 0.717) is 58.4 Å². The topological polar surface area (TPSA) is 126 Å². The van der Waals surface area contributed by atoms with E-state index in [4.69, 9.17) is 9.47 Å². The lowest BCUT2D eigenvalue weighted by atomic mass is 9.71. The van der Waals surface area contributed by atoms with Gasteiger partial charge in [0, 0.05) is 52.5 Å². The number of hydrogen-bond acceptors (Lipinski definition) is 7. The molecule has 12 heteroatoms. The Hall–Kier alpha value is -3.22. The van der Waals surface area contributed by atoms with Crippen molar-refractivity contribution in [1.29, 1.82) is 0 Å². The van der Waals surface area contributed by atoms with Crippen molar-refractivity contribution in [3.05, 3.63) is 55.1 Å². The summed E-state index contributed by atoms with van der Waals surface area (Å²) in [7, 11) is -2.52. The SMILES string of the molecule is C=CCN(C)S(=O)(=O)c1ccccc1C(=O)NC1CN(C(=O)C2(CC=C)CCCN2C(=O)OC(C)(C)C)CC2(CCOCC2)C1. The van der Waals surface area contributed by atoms with Crippen molar-refractivity contribution >= 4 is 27.9 Å². The largest absolute Gasteiger partial charge is 0.444 e. The molecule has 3 saturated heterocycles. The van der Waals surface area contributed by atoms with E-state index >= 15 is 0 Å². The lowest BCUT2D eigenvalue weighted by Gasteiger charge is -2.50. The predicted molar refractivity (Wildman–Crippen MR) is 171 cm³/mol. The summed E-state index contributed by atoms with van der Waals surface area (Å²) >= 11 is 0. The molecule has 2 unspecified atom stereocenters. The highest BCUT2D eigenvalue weighted by atomic mass is 32.2. The van der Waals surface area contributed by atoms with E-state index in [-0.39, 0.29) is 41.3 Å². The summed E-state index contributed by atoms with van der Waals surface area (Å²) < 4.78 is 39.2. The number of piperidine rings is 1.